The van der Waals surface area contributed by atoms with Crippen LogP contribution in [0.1, 0.15) is 22.8 Å². The highest BCUT2D eigenvalue weighted by molar-refractivity contribution is 6.32. The summed E-state index contributed by atoms with van der Waals surface area (Å²) in [6.07, 6.45) is 0. The van der Waals surface area contributed by atoms with Gasteiger partial charge in [-0.25, -0.2) is 4.79 Å². The van der Waals surface area contributed by atoms with Crippen molar-refractivity contribution in [2.75, 3.05) is 27.2 Å². The number of hydrogen-bond donors (Lipinski definition) is 1. The van der Waals surface area contributed by atoms with E-state index in [1.165, 1.54) is 4.90 Å². The SMILES string of the molecule is CCOC(=O)C(=O)NCC#Cc1ccc(C(=O)N(C)C)cc1. The van der Waals surface area contributed by atoms with Gasteiger partial charge in [0, 0.05) is 25.2 Å². The standard InChI is InChI=1S/C16H18N2O4/c1-4-22-16(21)14(19)17-11-5-6-12-7-9-13(10-8-12)15(20)18(2)3/h7-10H,4,11H2,1-3H3,(H,17,19). The molecule has 1 aromatic carbocycles. The minimum Gasteiger partial charge on any atom is -0.459 e. The number of benzene rings is 1. The second kappa shape index (κ2) is 8.47. The van der Waals surface area contributed by atoms with Crippen LogP contribution >= 0.6 is 0 Å². The summed E-state index contributed by atoms with van der Waals surface area (Å²) in [5.41, 5.74) is 1.28. The number of amides is 2. The summed E-state index contributed by atoms with van der Waals surface area (Å²) in [4.78, 5) is 35.5. The minimum absolute atomic E-state index is 0.0377. The minimum atomic E-state index is -0.921. The number of carbonyl (C=O) groups excluding carboxylic acids is 3. The van der Waals surface area contributed by atoms with Gasteiger partial charge in [-0.05, 0) is 31.2 Å². The van der Waals surface area contributed by atoms with Crippen molar-refractivity contribution in [3.05, 3.63) is 35.4 Å². The van der Waals surface area contributed by atoms with E-state index in [0.717, 1.165) is 0 Å². The lowest BCUT2D eigenvalue weighted by Crippen LogP contribution is -2.32. The molecule has 0 heterocycles. The molecule has 0 bridgehead atoms. The number of nitrogens with one attached hydrogen (secondary N) is 1. The van der Waals surface area contributed by atoms with Crippen molar-refractivity contribution >= 4 is 17.8 Å². The number of esters is 1. The number of rotatable bonds is 3. The third-order valence-corrected chi connectivity index (χ3v) is 2.57. The van der Waals surface area contributed by atoms with Crippen LogP contribution in [0.2, 0.25) is 0 Å². The Balaban J connectivity index is 2.54. The molecule has 0 fully saturated rings. The molecule has 116 valence electrons. The third-order valence-electron chi connectivity index (χ3n) is 2.57. The molecule has 0 spiro atoms. The van der Waals surface area contributed by atoms with Crippen LogP contribution in [0.4, 0.5) is 0 Å². The lowest BCUT2D eigenvalue weighted by Gasteiger charge is -2.09. The monoisotopic (exact) mass is 302 g/mol. The van der Waals surface area contributed by atoms with Gasteiger partial charge in [-0.3, -0.25) is 9.59 Å². The molecule has 0 atom stereocenters. The van der Waals surface area contributed by atoms with Gasteiger partial charge in [0.2, 0.25) is 0 Å². The first-order valence-corrected chi connectivity index (χ1v) is 6.71. The van der Waals surface area contributed by atoms with Crippen LogP contribution in [0.5, 0.6) is 0 Å². The van der Waals surface area contributed by atoms with Crippen LogP contribution < -0.4 is 5.32 Å². The average Bonchev–Trinajstić information content (AvgIpc) is 2.51. The van der Waals surface area contributed by atoms with Crippen molar-refractivity contribution in [1.29, 1.82) is 0 Å². The number of hydrogen-bond acceptors (Lipinski definition) is 4. The molecular weight excluding hydrogens is 284 g/mol. The second-order valence-electron chi connectivity index (χ2n) is 4.48. The van der Waals surface area contributed by atoms with Crippen molar-refractivity contribution in [2.24, 2.45) is 0 Å². The van der Waals surface area contributed by atoms with Crippen molar-refractivity contribution < 1.29 is 19.1 Å². The Hall–Kier alpha value is -2.81. The molecule has 0 saturated carbocycles. The van der Waals surface area contributed by atoms with Crippen molar-refractivity contribution in [3.8, 4) is 11.8 Å². The summed E-state index contributed by atoms with van der Waals surface area (Å²) in [5, 5.41) is 2.33. The van der Waals surface area contributed by atoms with E-state index in [4.69, 9.17) is 0 Å². The van der Waals surface area contributed by atoms with Gasteiger partial charge >= 0.3 is 11.9 Å². The number of nitrogens with zero attached hydrogens (tertiary/aromatic N) is 1. The normalized spacial score (nSPS) is 9.23. The zero-order valence-electron chi connectivity index (χ0n) is 12.8. The van der Waals surface area contributed by atoms with Gasteiger partial charge in [0.05, 0.1) is 13.2 Å². The first-order chi connectivity index (χ1) is 10.5. The molecule has 0 aliphatic carbocycles. The summed E-state index contributed by atoms with van der Waals surface area (Å²) in [5.74, 6) is 3.72. The Bertz CT molecular complexity index is 609. The smallest absolute Gasteiger partial charge is 0.396 e. The lowest BCUT2D eigenvalue weighted by atomic mass is 10.1. The molecule has 6 nitrogen and oxygen atoms in total. The Morgan fingerprint density at radius 1 is 1.18 bits per heavy atom. The van der Waals surface area contributed by atoms with E-state index in [-0.39, 0.29) is 19.1 Å². The van der Waals surface area contributed by atoms with E-state index in [2.05, 4.69) is 21.9 Å². The molecule has 0 aromatic heterocycles. The molecule has 0 aliphatic rings. The maximum Gasteiger partial charge on any atom is 0.396 e. The highest BCUT2D eigenvalue weighted by Gasteiger charge is 2.12. The lowest BCUT2D eigenvalue weighted by molar-refractivity contribution is -0.154. The number of carbonyl (C=O) groups is 3. The summed E-state index contributed by atoms with van der Waals surface area (Å²) >= 11 is 0. The van der Waals surface area contributed by atoms with Gasteiger partial charge in [-0.1, -0.05) is 11.8 Å². The maximum atomic E-state index is 11.7. The van der Waals surface area contributed by atoms with Gasteiger partial charge < -0.3 is 15.0 Å². The van der Waals surface area contributed by atoms with Crippen molar-refractivity contribution in [2.45, 2.75) is 6.92 Å². The summed E-state index contributed by atoms with van der Waals surface area (Å²) in [6, 6.07) is 6.81. The third kappa shape index (κ3) is 5.29. The molecule has 0 saturated heterocycles. The van der Waals surface area contributed by atoms with Crippen molar-refractivity contribution in [1.82, 2.24) is 10.2 Å². The first-order valence-electron chi connectivity index (χ1n) is 6.71. The van der Waals surface area contributed by atoms with Crippen LogP contribution in [0.15, 0.2) is 24.3 Å². The van der Waals surface area contributed by atoms with Gasteiger partial charge in [0.25, 0.3) is 5.91 Å². The predicted molar refractivity (Wildman–Crippen MR) is 81.0 cm³/mol. The van der Waals surface area contributed by atoms with Crippen LogP contribution in [0, 0.1) is 11.8 Å². The predicted octanol–water partition coefficient (Wildman–Crippen LogP) is 0.419. The van der Waals surface area contributed by atoms with E-state index in [1.54, 1.807) is 45.3 Å². The van der Waals surface area contributed by atoms with Crippen LogP contribution in [-0.4, -0.2) is 49.9 Å². The van der Waals surface area contributed by atoms with E-state index in [1.807, 2.05) is 0 Å². The second-order valence-corrected chi connectivity index (χ2v) is 4.48. The topological polar surface area (TPSA) is 75.7 Å². The molecule has 0 radical (unpaired) electrons. The molecular formula is C16H18N2O4. The Morgan fingerprint density at radius 2 is 1.82 bits per heavy atom. The number of ether oxygens (including phenoxy) is 1. The Kier molecular flexibility index (Phi) is 6.64. The Labute approximate surface area is 129 Å². The highest BCUT2D eigenvalue weighted by Crippen LogP contribution is 2.05. The van der Waals surface area contributed by atoms with Crippen molar-refractivity contribution in [3.63, 3.8) is 0 Å². The molecule has 6 heteroatoms. The fourth-order valence-corrected chi connectivity index (χ4v) is 1.49. The molecule has 0 unspecified atom stereocenters. The van der Waals surface area contributed by atoms with E-state index < -0.39 is 11.9 Å². The molecule has 1 rings (SSSR count). The van der Waals surface area contributed by atoms with Gasteiger partial charge in [0.1, 0.15) is 0 Å². The van der Waals surface area contributed by atoms with Crippen LogP contribution in [0.25, 0.3) is 0 Å². The summed E-state index contributed by atoms with van der Waals surface area (Å²) in [6.45, 7) is 1.81. The molecule has 22 heavy (non-hydrogen) atoms. The fraction of sp³-hybridized carbons (Fsp3) is 0.312. The fourth-order valence-electron chi connectivity index (χ4n) is 1.49. The van der Waals surface area contributed by atoms with E-state index >= 15 is 0 Å². The van der Waals surface area contributed by atoms with Gasteiger partial charge in [-0.15, -0.1) is 0 Å². The quantitative estimate of drug-likeness (QED) is 0.499. The zero-order valence-corrected chi connectivity index (χ0v) is 12.8. The molecule has 1 aromatic rings. The maximum absolute atomic E-state index is 11.7. The molecule has 2 amide bonds. The first kappa shape index (κ1) is 17.2. The van der Waals surface area contributed by atoms with Crippen LogP contribution in [0.3, 0.4) is 0 Å². The molecule has 1 N–H and O–H groups in total. The van der Waals surface area contributed by atoms with Gasteiger partial charge in [-0.2, -0.15) is 0 Å². The largest absolute Gasteiger partial charge is 0.459 e. The van der Waals surface area contributed by atoms with Crippen LogP contribution in [-0.2, 0) is 14.3 Å². The summed E-state index contributed by atoms with van der Waals surface area (Å²) < 4.78 is 4.54. The Morgan fingerprint density at radius 3 is 2.36 bits per heavy atom. The highest BCUT2D eigenvalue weighted by atomic mass is 16.5. The zero-order chi connectivity index (χ0) is 16.5. The average molecular weight is 302 g/mol. The van der Waals surface area contributed by atoms with E-state index in [0.29, 0.717) is 11.1 Å². The van der Waals surface area contributed by atoms with E-state index in [9.17, 15) is 14.4 Å². The summed E-state index contributed by atoms with van der Waals surface area (Å²) in [7, 11) is 3.37. The molecule has 0 aliphatic heterocycles. The van der Waals surface area contributed by atoms with Gasteiger partial charge in [0.15, 0.2) is 0 Å².